The molecule has 0 aliphatic rings. The van der Waals surface area contributed by atoms with Gasteiger partial charge in [-0.15, -0.1) is 0 Å². The van der Waals surface area contributed by atoms with E-state index in [0.29, 0.717) is 49.6 Å². The lowest BCUT2D eigenvalue weighted by atomic mass is 9.96. The Labute approximate surface area is 222 Å². The summed E-state index contributed by atoms with van der Waals surface area (Å²) in [5.41, 5.74) is 3.60. The molecule has 4 aromatic rings. The number of aryl methyl sites for hydroxylation is 3. The van der Waals surface area contributed by atoms with Gasteiger partial charge in [0.1, 0.15) is 22.8 Å². The van der Waals surface area contributed by atoms with Crippen molar-refractivity contribution in [3.05, 3.63) is 91.6 Å². The Bertz CT molecular complexity index is 1320. The summed E-state index contributed by atoms with van der Waals surface area (Å²) < 4.78 is 7.09. The molecule has 1 aromatic heterocycles. The van der Waals surface area contributed by atoms with E-state index in [2.05, 4.69) is 50.9 Å². The van der Waals surface area contributed by atoms with Crippen molar-refractivity contribution in [2.45, 2.75) is 51.9 Å². The third-order valence-electron chi connectivity index (χ3n) is 6.23. The lowest BCUT2D eigenvalue weighted by Gasteiger charge is -2.08. The average molecular weight is 600 g/mol. The maximum absolute atomic E-state index is 13.7. The summed E-state index contributed by atoms with van der Waals surface area (Å²) in [7, 11) is 0. The Balaban J connectivity index is 1.69. The summed E-state index contributed by atoms with van der Waals surface area (Å²) in [6.45, 7) is 2.13. The van der Waals surface area contributed by atoms with E-state index in [0.717, 1.165) is 37.7 Å². The highest BCUT2D eigenvalue weighted by molar-refractivity contribution is 9.11. The number of furan rings is 1. The fourth-order valence-electron chi connectivity index (χ4n) is 4.35. The van der Waals surface area contributed by atoms with Crippen LogP contribution in [-0.4, -0.2) is 16.0 Å². The van der Waals surface area contributed by atoms with Crippen LogP contribution in [0.2, 0.25) is 0 Å². The van der Waals surface area contributed by atoms with E-state index in [1.807, 2.05) is 24.3 Å². The molecule has 0 amide bonds. The summed E-state index contributed by atoms with van der Waals surface area (Å²) in [4.78, 5) is 13.7. The maximum Gasteiger partial charge on any atom is 0.197 e. The molecule has 4 nitrogen and oxygen atoms in total. The molecule has 0 fully saturated rings. The smallest absolute Gasteiger partial charge is 0.197 e. The van der Waals surface area contributed by atoms with Crippen LogP contribution in [0, 0.1) is 0 Å². The molecule has 0 saturated heterocycles. The second-order valence-corrected chi connectivity index (χ2v) is 10.5. The monoisotopic (exact) mass is 598 g/mol. The minimum atomic E-state index is -0.201. The minimum Gasteiger partial charge on any atom is -0.508 e. The van der Waals surface area contributed by atoms with Gasteiger partial charge in [0.15, 0.2) is 5.78 Å². The number of aromatic hydroxyl groups is 2. The number of hydrogen-bond donors (Lipinski definition) is 2. The van der Waals surface area contributed by atoms with Crippen LogP contribution in [0.1, 0.15) is 65.4 Å². The molecule has 0 aliphatic carbocycles. The normalized spacial score (nSPS) is 11.3. The summed E-state index contributed by atoms with van der Waals surface area (Å²) >= 11 is 6.63. The molecule has 0 radical (unpaired) electrons. The Morgan fingerprint density at radius 3 is 2.29 bits per heavy atom. The Hall–Kier alpha value is -2.57. The van der Waals surface area contributed by atoms with Gasteiger partial charge in [-0.1, -0.05) is 50.1 Å². The zero-order valence-electron chi connectivity index (χ0n) is 19.6. The zero-order valence-corrected chi connectivity index (χ0v) is 22.8. The number of carbonyl (C=O) groups is 1. The molecule has 0 saturated carbocycles. The first-order valence-corrected chi connectivity index (χ1v) is 13.5. The number of unbranched alkanes of at least 4 members (excludes halogenated alkanes) is 2. The fraction of sp³-hybridized carbons (Fsp3) is 0.276. The van der Waals surface area contributed by atoms with Crippen LogP contribution in [0.4, 0.5) is 0 Å². The SMILES string of the molecule is CCCCCc1oc2cc(CCCc3ccccc3)c(O)cc2c1C(=O)c1cc(Br)c(O)c(Br)c1. The highest BCUT2D eigenvalue weighted by Gasteiger charge is 2.24. The number of rotatable bonds is 10. The molecule has 1 heterocycles. The second-order valence-electron chi connectivity index (χ2n) is 8.79. The highest BCUT2D eigenvalue weighted by atomic mass is 79.9. The number of fused-ring (bicyclic) bond motifs is 1. The topological polar surface area (TPSA) is 70.7 Å². The third-order valence-corrected chi connectivity index (χ3v) is 7.44. The third kappa shape index (κ3) is 5.81. The van der Waals surface area contributed by atoms with Crippen molar-refractivity contribution in [3.8, 4) is 11.5 Å². The summed E-state index contributed by atoms with van der Waals surface area (Å²) in [5, 5.41) is 21.5. The zero-order chi connectivity index (χ0) is 24.9. The molecule has 0 bridgehead atoms. The van der Waals surface area contributed by atoms with E-state index < -0.39 is 0 Å². The number of carbonyl (C=O) groups excluding carboxylic acids is 1. The van der Waals surface area contributed by atoms with Gasteiger partial charge in [0.05, 0.1) is 14.5 Å². The van der Waals surface area contributed by atoms with Crippen molar-refractivity contribution in [3.63, 3.8) is 0 Å². The molecule has 0 unspecified atom stereocenters. The molecule has 0 aliphatic heterocycles. The van der Waals surface area contributed by atoms with E-state index in [-0.39, 0.29) is 17.3 Å². The number of phenolic OH excluding ortho intramolecular Hbond substituents is 2. The summed E-state index contributed by atoms with van der Waals surface area (Å²) in [6.07, 6.45) is 6.19. The van der Waals surface area contributed by atoms with E-state index in [1.54, 1.807) is 18.2 Å². The molecule has 4 rings (SSSR count). The van der Waals surface area contributed by atoms with Crippen LogP contribution in [0.15, 0.2) is 68.0 Å². The van der Waals surface area contributed by atoms with Gasteiger partial charge in [0, 0.05) is 17.4 Å². The first-order chi connectivity index (χ1) is 16.9. The number of benzene rings is 3. The van der Waals surface area contributed by atoms with Crippen molar-refractivity contribution < 1.29 is 19.4 Å². The largest absolute Gasteiger partial charge is 0.508 e. The number of hydrogen-bond acceptors (Lipinski definition) is 4. The molecular formula is C29H28Br2O4. The average Bonchev–Trinajstić information content (AvgIpc) is 3.19. The van der Waals surface area contributed by atoms with Crippen LogP contribution in [0.3, 0.4) is 0 Å². The number of ketones is 1. The van der Waals surface area contributed by atoms with Gasteiger partial charge in [-0.05, 0) is 92.9 Å². The maximum atomic E-state index is 13.7. The van der Waals surface area contributed by atoms with Gasteiger partial charge >= 0.3 is 0 Å². The Morgan fingerprint density at radius 1 is 0.886 bits per heavy atom. The van der Waals surface area contributed by atoms with E-state index >= 15 is 0 Å². The van der Waals surface area contributed by atoms with Crippen LogP contribution in [0.5, 0.6) is 11.5 Å². The van der Waals surface area contributed by atoms with Crippen molar-refractivity contribution in [2.75, 3.05) is 0 Å². The van der Waals surface area contributed by atoms with Crippen molar-refractivity contribution in [2.24, 2.45) is 0 Å². The lowest BCUT2D eigenvalue weighted by Crippen LogP contribution is -2.04. The van der Waals surface area contributed by atoms with Crippen molar-refractivity contribution in [1.29, 1.82) is 0 Å². The van der Waals surface area contributed by atoms with Gasteiger partial charge < -0.3 is 14.6 Å². The second kappa shape index (κ2) is 11.4. The van der Waals surface area contributed by atoms with Gasteiger partial charge in [-0.3, -0.25) is 4.79 Å². The van der Waals surface area contributed by atoms with Crippen LogP contribution >= 0.6 is 31.9 Å². The van der Waals surface area contributed by atoms with Gasteiger partial charge in [0.25, 0.3) is 0 Å². The molecule has 35 heavy (non-hydrogen) atoms. The van der Waals surface area contributed by atoms with E-state index in [1.165, 1.54) is 5.56 Å². The number of phenols is 2. The van der Waals surface area contributed by atoms with Crippen molar-refractivity contribution in [1.82, 2.24) is 0 Å². The number of halogens is 2. The first kappa shape index (κ1) is 25.5. The molecular weight excluding hydrogens is 572 g/mol. The predicted molar refractivity (Wildman–Crippen MR) is 147 cm³/mol. The van der Waals surface area contributed by atoms with Crippen LogP contribution in [-0.2, 0) is 19.3 Å². The summed E-state index contributed by atoms with van der Waals surface area (Å²) in [5.74, 6) is 0.653. The fourth-order valence-corrected chi connectivity index (χ4v) is 5.54. The quantitative estimate of drug-likeness (QED) is 0.142. The molecule has 0 atom stereocenters. The standard InChI is InChI=1S/C29H28Br2O4/c1-2-3-5-13-25-27(28(33)20-14-22(30)29(34)23(31)15-20)21-17-24(32)19(16-26(21)35-25)12-8-11-18-9-6-4-7-10-18/h4,6-7,9-10,14-17,32,34H,2-3,5,8,11-13H2,1H3. The van der Waals surface area contributed by atoms with Gasteiger partial charge in [0.2, 0.25) is 0 Å². The molecule has 182 valence electrons. The minimum absolute atomic E-state index is 0.0413. The van der Waals surface area contributed by atoms with E-state index in [9.17, 15) is 15.0 Å². The molecule has 3 aromatic carbocycles. The predicted octanol–water partition coefficient (Wildman–Crippen LogP) is 8.51. The Kier molecular flexibility index (Phi) is 8.34. The first-order valence-electron chi connectivity index (χ1n) is 11.9. The van der Waals surface area contributed by atoms with Crippen LogP contribution < -0.4 is 0 Å². The van der Waals surface area contributed by atoms with Crippen LogP contribution in [0.25, 0.3) is 11.0 Å². The van der Waals surface area contributed by atoms with Gasteiger partial charge in [-0.2, -0.15) is 0 Å². The lowest BCUT2D eigenvalue weighted by molar-refractivity contribution is 0.103. The van der Waals surface area contributed by atoms with Crippen molar-refractivity contribution >= 4 is 48.6 Å². The Morgan fingerprint density at radius 2 is 1.60 bits per heavy atom. The van der Waals surface area contributed by atoms with Gasteiger partial charge in [-0.25, -0.2) is 0 Å². The molecule has 2 N–H and O–H groups in total. The summed E-state index contributed by atoms with van der Waals surface area (Å²) in [6, 6.07) is 17.0. The molecule has 0 spiro atoms. The molecule has 6 heteroatoms. The van der Waals surface area contributed by atoms with E-state index in [4.69, 9.17) is 4.42 Å². The highest BCUT2D eigenvalue weighted by Crippen LogP contribution is 2.37.